The average molecular weight is 394 g/mol. The molecule has 8 heteroatoms. The molecule has 0 aromatic heterocycles. The van der Waals surface area contributed by atoms with E-state index < -0.39 is 10.0 Å². The van der Waals surface area contributed by atoms with Crippen LogP contribution in [0, 0.1) is 5.92 Å². The van der Waals surface area contributed by atoms with Crippen LogP contribution in [0.25, 0.3) is 0 Å². The highest BCUT2D eigenvalue weighted by molar-refractivity contribution is 7.89. The number of nitrogens with one attached hydrogen (secondary N) is 1. The third kappa shape index (κ3) is 5.07. The summed E-state index contributed by atoms with van der Waals surface area (Å²) < 4.78 is 22.5. The van der Waals surface area contributed by atoms with Gasteiger partial charge in [-0.3, -0.25) is 9.59 Å². The number of hydrogen-bond acceptors (Lipinski definition) is 4. The molecule has 0 radical (unpaired) electrons. The van der Waals surface area contributed by atoms with Crippen molar-refractivity contribution in [3.63, 3.8) is 0 Å². The molecular formula is C19H27N3O4S. The monoisotopic (exact) mass is 393 g/mol. The zero-order valence-corrected chi connectivity index (χ0v) is 16.2. The number of primary sulfonamides is 1. The Bertz CT molecular complexity index is 786. The molecule has 1 aliphatic heterocycles. The van der Waals surface area contributed by atoms with Gasteiger partial charge in [-0.2, -0.15) is 0 Å². The number of amides is 2. The summed E-state index contributed by atoms with van der Waals surface area (Å²) in [6.07, 6.45) is 6.55. The summed E-state index contributed by atoms with van der Waals surface area (Å²) in [5.74, 6) is -0.257. The third-order valence-electron chi connectivity index (χ3n) is 5.51. The second-order valence-electron chi connectivity index (χ2n) is 7.47. The molecule has 27 heavy (non-hydrogen) atoms. The van der Waals surface area contributed by atoms with E-state index in [0.29, 0.717) is 32.0 Å². The summed E-state index contributed by atoms with van der Waals surface area (Å²) in [4.78, 5) is 26.7. The predicted octanol–water partition coefficient (Wildman–Crippen LogP) is 1.17. The first-order chi connectivity index (χ1) is 12.8. The highest BCUT2D eigenvalue weighted by Crippen LogP contribution is 2.28. The Balaban J connectivity index is 1.46. The topological polar surface area (TPSA) is 110 Å². The van der Waals surface area contributed by atoms with Crippen LogP contribution in [0.5, 0.6) is 0 Å². The average Bonchev–Trinajstić information content (AvgIpc) is 3.04. The zero-order valence-electron chi connectivity index (χ0n) is 15.4. The molecule has 7 nitrogen and oxygen atoms in total. The Labute approximate surface area is 160 Å². The summed E-state index contributed by atoms with van der Waals surface area (Å²) in [5.41, 5.74) is 0.911. The minimum atomic E-state index is -3.69. The van der Waals surface area contributed by atoms with Crippen molar-refractivity contribution in [1.82, 2.24) is 10.2 Å². The van der Waals surface area contributed by atoms with Crippen molar-refractivity contribution in [2.24, 2.45) is 11.1 Å². The van der Waals surface area contributed by atoms with Crippen molar-refractivity contribution in [2.75, 3.05) is 13.1 Å². The number of hydrogen-bond donors (Lipinski definition) is 2. The first-order valence-corrected chi connectivity index (χ1v) is 11.1. The van der Waals surface area contributed by atoms with Crippen LogP contribution in [0.3, 0.4) is 0 Å². The maximum Gasteiger partial charge on any atom is 0.238 e. The summed E-state index contributed by atoms with van der Waals surface area (Å²) >= 11 is 0. The van der Waals surface area contributed by atoms with Gasteiger partial charge in [-0.15, -0.1) is 0 Å². The summed E-state index contributed by atoms with van der Waals surface area (Å²) in [6, 6.07) is 6.61. The number of nitrogens with zero attached hydrogens (tertiary/aromatic N) is 1. The molecule has 2 amide bonds. The Kier molecular flexibility index (Phi) is 6.16. The van der Waals surface area contributed by atoms with Crippen LogP contribution in [-0.4, -0.2) is 44.3 Å². The van der Waals surface area contributed by atoms with Crippen molar-refractivity contribution in [1.29, 1.82) is 0 Å². The third-order valence-corrected chi connectivity index (χ3v) is 6.44. The van der Waals surface area contributed by atoms with Crippen molar-refractivity contribution in [2.45, 2.75) is 55.9 Å². The second-order valence-corrected chi connectivity index (χ2v) is 9.03. The van der Waals surface area contributed by atoms with Crippen molar-refractivity contribution in [3.8, 4) is 0 Å². The standard InChI is InChI=1S/C19H27N3O4S/c20-27(25,26)17-8-6-14(7-9-17)10-11-21-19(24)15-12-18(23)22(13-15)16-4-2-1-3-5-16/h6-9,15-16H,1-5,10-13H2,(H,21,24)(H2,20,25,26). The van der Waals surface area contributed by atoms with E-state index in [9.17, 15) is 18.0 Å². The highest BCUT2D eigenvalue weighted by atomic mass is 32.2. The lowest BCUT2D eigenvalue weighted by Crippen LogP contribution is -2.39. The lowest BCUT2D eigenvalue weighted by molar-refractivity contribution is -0.130. The Morgan fingerprint density at radius 3 is 2.44 bits per heavy atom. The molecule has 2 aliphatic rings. The summed E-state index contributed by atoms with van der Waals surface area (Å²) in [5, 5.41) is 7.98. The molecule has 3 rings (SSSR count). The van der Waals surface area contributed by atoms with Gasteiger partial charge in [0.05, 0.1) is 10.8 Å². The van der Waals surface area contributed by atoms with Gasteiger partial charge in [-0.1, -0.05) is 31.4 Å². The maximum absolute atomic E-state index is 12.4. The fourth-order valence-corrected chi connectivity index (χ4v) is 4.49. The fraction of sp³-hybridized carbons (Fsp3) is 0.579. The van der Waals surface area contributed by atoms with Crippen LogP contribution >= 0.6 is 0 Å². The number of nitrogens with two attached hydrogens (primary N) is 1. The smallest absolute Gasteiger partial charge is 0.238 e. The first-order valence-electron chi connectivity index (χ1n) is 9.53. The minimum Gasteiger partial charge on any atom is -0.355 e. The van der Waals surface area contributed by atoms with Gasteiger partial charge in [-0.25, -0.2) is 13.6 Å². The van der Waals surface area contributed by atoms with Gasteiger partial charge < -0.3 is 10.2 Å². The predicted molar refractivity (Wildman–Crippen MR) is 101 cm³/mol. The molecule has 1 unspecified atom stereocenters. The number of benzene rings is 1. The normalized spacial score (nSPS) is 21.4. The molecule has 1 aromatic rings. The van der Waals surface area contributed by atoms with Gasteiger partial charge in [0.1, 0.15) is 0 Å². The van der Waals surface area contributed by atoms with Gasteiger partial charge in [-0.05, 0) is 37.0 Å². The van der Waals surface area contributed by atoms with Crippen molar-refractivity contribution >= 4 is 21.8 Å². The molecule has 1 aliphatic carbocycles. The molecule has 3 N–H and O–H groups in total. The van der Waals surface area contributed by atoms with Crippen LogP contribution in [0.1, 0.15) is 44.1 Å². The second kappa shape index (κ2) is 8.39. The minimum absolute atomic E-state index is 0.0718. The van der Waals surface area contributed by atoms with Crippen LogP contribution in [0.2, 0.25) is 0 Å². The van der Waals surface area contributed by atoms with E-state index in [-0.39, 0.29) is 22.6 Å². The van der Waals surface area contributed by atoms with Crippen LogP contribution in [0.4, 0.5) is 0 Å². The van der Waals surface area contributed by atoms with Crippen LogP contribution in [-0.2, 0) is 26.0 Å². The van der Waals surface area contributed by atoms with Gasteiger partial charge in [0.2, 0.25) is 21.8 Å². The molecule has 1 atom stereocenters. The lowest BCUT2D eigenvalue weighted by atomic mass is 9.94. The zero-order chi connectivity index (χ0) is 19.4. The lowest BCUT2D eigenvalue weighted by Gasteiger charge is -2.31. The fourth-order valence-electron chi connectivity index (χ4n) is 3.97. The maximum atomic E-state index is 12.4. The van der Waals surface area contributed by atoms with Crippen LogP contribution in [0.15, 0.2) is 29.2 Å². The van der Waals surface area contributed by atoms with Crippen molar-refractivity contribution < 1.29 is 18.0 Å². The molecule has 2 fully saturated rings. The molecule has 1 aromatic carbocycles. The van der Waals surface area contributed by atoms with Gasteiger partial charge in [0, 0.05) is 25.6 Å². The van der Waals surface area contributed by atoms with E-state index in [1.165, 1.54) is 18.6 Å². The molecule has 1 saturated carbocycles. The number of likely N-dealkylation sites (tertiary alicyclic amines) is 1. The molecule has 0 bridgehead atoms. The van der Waals surface area contributed by atoms with E-state index in [1.54, 1.807) is 12.1 Å². The molecule has 0 spiro atoms. The van der Waals surface area contributed by atoms with Gasteiger partial charge in [0.25, 0.3) is 0 Å². The van der Waals surface area contributed by atoms with Gasteiger partial charge in [0.15, 0.2) is 0 Å². The molecular weight excluding hydrogens is 366 g/mol. The van der Waals surface area contributed by atoms with E-state index in [0.717, 1.165) is 31.2 Å². The van der Waals surface area contributed by atoms with Gasteiger partial charge >= 0.3 is 0 Å². The van der Waals surface area contributed by atoms with Crippen molar-refractivity contribution in [3.05, 3.63) is 29.8 Å². The van der Waals surface area contributed by atoms with E-state index >= 15 is 0 Å². The first kappa shape index (κ1) is 19.8. The summed E-state index contributed by atoms with van der Waals surface area (Å²) in [7, 11) is -3.69. The Hall–Kier alpha value is -1.93. The van der Waals surface area contributed by atoms with E-state index in [2.05, 4.69) is 5.32 Å². The van der Waals surface area contributed by atoms with E-state index in [1.807, 2.05) is 4.90 Å². The number of carbonyl (C=O) groups is 2. The Morgan fingerprint density at radius 2 is 1.81 bits per heavy atom. The number of carbonyl (C=O) groups excluding carboxylic acids is 2. The largest absolute Gasteiger partial charge is 0.355 e. The number of sulfonamides is 1. The SMILES string of the molecule is NS(=O)(=O)c1ccc(CCNC(=O)C2CC(=O)N(C3CCCCC3)C2)cc1. The molecule has 1 saturated heterocycles. The highest BCUT2D eigenvalue weighted by Gasteiger charge is 2.37. The quantitative estimate of drug-likeness (QED) is 0.756. The number of rotatable bonds is 6. The summed E-state index contributed by atoms with van der Waals surface area (Å²) in [6.45, 7) is 0.972. The van der Waals surface area contributed by atoms with Crippen LogP contribution < -0.4 is 10.5 Å². The Morgan fingerprint density at radius 1 is 1.15 bits per heavy atom. The van der Waals surface area contributed by atoms with E-state index in [4.69, 9.17) is 5.14 Å². The molecule has 148 valence electrons. The molecule has 1 heterocycles.